The van der Waals surface area contributed by atoms with Crippen molar-refractivity contribution in [1.82, 2.24) is 5.32 Å². The molecule has 2 heteroatoms. The molecule has 0 aromatic rings. The molecule has 0 heterocycles. The Bertz CT molecular complexity index is 110. The molecule has 0 aromatic carbocycles. The van der Waals surface area contributed by atoms with Gasteiger partial charge in [-0.3, -0.25) is 0 Å². The number of hydrogen-bond acceptors (Lipinski definition) is 2. The number of rotatable bonds is 4. The summed E-state index contributed by atoms with van der Waals surface area (Å²) in [5, 5.41) is 12.3. The van der Waals surface area contributed by atoms with Crippen molar-refractivity contribution >= 4 is 0 Å². The van der Waals surface area contributed by atoms with Gasteiger partial charge in [0.25, 0.3) is 0 Å². The summed E-state index contributed by atoms with van der Waals surface area (Å²) >= 11 is 0. The molecular formula is C10H21NO. The van der Waals surface area contributed by atoms with Gasteiger partial charge in [0.2, 0.25) is 0 Å². The molecule has 1 rings (SSSR count). The molecule has 0 amide bonds. The lowest BCUT2D eigenvalue weighted by atomic mass is 9.95. The zero-order chi connectivity index (χ0) is 8.81. The first-order chi connectivity index (χ1) is 5.83. The van der Waals surface area contributed by atoms with Gasteiger partial charge in [-0.15, -0.1) is 0 Å². The zero-order valence-corrected chi connectivity index (χ0v) is 8.05. The van der Waals surface area contributed by atoms with Crippen LogP contribution in [0.3, 0.4) is 0 Å². The summed E-state index contributed by atoms with van der Waals surface area (Å²) in [4.78, 5) is 0. The number of aliphatic hydroxyl groups is 1. The second-order valence-corrected chi connectivity index (χ2v) is 4.03. The van der Waals surface area contributed by atoms with Crippen LogP contribution in [-0.4, -0.2) is 24.3 Å². The molecule has 0 aromatic heterocycles. The SMILES string of the molecule is CC(CO)CNC1CCCCC1. The first-order valence-corrected chi connectivity index (χ1v) is 5.17. The van der Waals surface area contributed by atoms with Gasteiger partial charge < -0.3 is 10.4 Å². The van der Waals surface area contributed by atoms with Gasteiger partial charge in [-0.1, -0.05) is 26.2 Å². The fraction of sp³-hybridized carbons (Fsp3) is 1.00. The highest BCUT2D eigenvalue weighted by Gasteiger charge is 2.12. The van der Waals surface area contributed by atoms with E-state index in [2.05, 4.69) is 12.2 Å². The summed E-state index contributed by atoms with van der Waals surface area (Å²) in [6.45, 7) is 3.36. The summed E-state index contributed by atoms with van der Waals surface area (Å²) in [7, 11) is 0. The molecule has 0 radical (unpaired) electrons. The van der Waals surface area contributed by atoms with Crippen molar-refractivity contribution in [2.45, 2.75) is 45.1 Å². The molecule has 2 N–H and O–H groups in total. The Balaban J connectivity index is 2.05. The average Bonchev–Trinajstić information content (AvgIpc) is 2.16. The van der Waals surface area contributed by atoms with Crippen LogP contribution in [0, 0.1) is 5.92 Å². The van der Waals surface area contributed by atoms with Crippen LogP contribution in [-0.2, 0) is 0 Å². The fourth-order valence-electron chi connectivity index (χ4n) is 1.74. The Morgan fingerprint density at radius 3 is 2.58 bits per heavy atom. The van der Waals surface area contributed by atoms with Crippen molar-refractivity contribution in [3.8, 4) is 0 Å². The number of nitrogens with one attached hydrogen (secondary N) is 1. The maximum atomic E-state index is 8.82. The van der Waals surface area contributed by atoms with Gasteiger partial charge in [-0.2, -0.15) is 0 Å². The molecule has 72 valence electrons. The summed E-state index contributed by atoms with van der Waals surface area (Å²) in [6, 6.07) is 0.729. The molecule has 1 fully saturated rings. The molecule has 0 bridgehead atoms. The summed E-state index contributed by atoms with van der Waals surface area (Å²) in [5.41, 5.74) is 0. The highest BCUT2D eigenvalue weighted by Crippen LogP contribution is 2.17. The van der Waals surface area contributed by atoms with Crippen molar-refractivity contribution in [2.75, 3.05) is 13.2 Å². The van der Waals surface area contributed by atoms with Crippen LogP contribution in [0.15, 0.2) is 0 Å². The molecule has 0 aliphatic heterocycles. The standard InChI is InChI=1S/C10H21NO/c1-9(8-12)7-11-10-5-3-2-4-6-10/h9-12H,2-8H2,1H3. The quantitative estimate of drug-likeness (QED) is 0.672. The van der Waals surface area contributed by atoms with E-state index in [1.165, 1.54) is 32.1 Å². The second kappa shape index (κ2) is 5.55. The van der Waals surface area contributed by atoms with E-state index in [4.69, 9.17) is 5.11 Å². The monoisotopic (exact) mass is 171 g/mol. The highest BCUT2D eigenvalue weighted by molar-refractivity contribution is 4.72. The van der Waals surface area contributed by atoms with Gasteiger partial charge in [-0.05, 0) is 18.8 Å². The Hall–Kier alpha value is -0.0800. The van der Waals surface area contributed by atoms with Crippen LogP contribution in [0.2, 0.25) is 0 Å². The maximum Gasteiger partial charge on any atom is 0.0468 e. The van der Waals surface area contributed by atoms with Crippen molar-refractivity contribution < 1.29 is 5.11 Å². The first kappa shape index (κ1) is 10.0. The number of hydrogen-bond donors (Lipinski definition) is 2. The van der Waals surface area contributed by atoms with Gasteiger partial charge in [0.05, 0.1) is 0 Å². The van der Waals surface area contributed by atoms with Crippen LogP contribution in [0.1, 0.15) is 39.0 Å². The Morgan fingerprint density at radius 2 is 2.00 bits per heavy atom. The van der Waals surface area contributed by atoms with Gasteiger partial charge in [-0.25, -0.2) is 0 Å². The van der Waals surface area contributed by atoms with Crippen molar-refractivity contribution in [3.63, 3.8) is 0 Å². The summed E-state index contributed by atoms with van der Waals surface area (Å²) < 4.78 is 0. The van der Waals surface area contributed by atoms with Crippen LogP contribution >= 0.6 is 0 Å². The normalized spacial score (nSPS) is 22.5. The zero-order valence-electron chi connectivity index (χ0n) is 8.05. The van der Waals surface area contributed by atoms with E-state index in [9.17, 15) is 0 Å². The molecular weight excluding hydrogens is 150 g/mol. The van der Waals surface area contributed by atoms with Gasteiger partial charge in [0.15, 0.2) is 0 Å². The van der Waals surface area contributed by atoms with E-state index in [0.29, 0.717) is 12.5 Å². The van der Waals surface area contributed by atoms with Crippen LogP contribution < -0.4 is 5.32 Å². The first-order valence-electron chi connectivity index (χ1n) is 5.17. The topological polar surface area (TPSA) is 32.3 Å². The lowest BCUT2D eigenvalue weighted by molar-refractivity contribution is 0.225. The van der Waals surface area contributed by atoms with Gasteiger partial charge in [0.1, 0.15) is 0 Å². The lowest BCUT2D eigenvalue weighted by Gasteiger charge is -2.24. The van der Waals surface area contributed by atoms with Gasteiger partial charge in [0, 0.05) is 19.2 Å². The molecule has 1 aliphatic rings. The molecule has 12 heavy (non-hydrogen) atoms. The van der Waals surface area contributed by atoms with E-state index >= 15 is 0 Å². The molecule has 1 aliphatic carbocycles. The molecule has 2 nitrogen and oxygen atoms in total. The summed E-state index contributed by atoms with van der Waals surface area (Å²) in [5.74, 6) is 0.409. The van der Waals surface area contributed by atoms with E-state index in [-0.39, 0.29) is 0 Å². The van der Waals surface area contributed by atoms with E-state index in [0.717, 1.165) is 12.6 Å². The third-order valence-corrected chi connectivity index (χ3v) is 2.67. The van der Waals surface area contributed by atoms with E-state index in [1.54, 1.807) is 0 Å². The molecule has 0 spiro atoms. The van der Waals surface area contributed by atoms with E-state index in [1.807, 2.05) is 0 Å². The van der Waals surface area contributed by atoms with Crippen LogP contribution in [0.4, 0.5) is 0 Å². The Labute approximate surface area is 75.4 Å². The van der Waals surface area contributed by atoms with Crippen molar-refractivity contribution in [2.24, 2.45) is 5.92 Å². The van der Waals surface area contributed by atoms with Crippen molar-refractivity contribution in [1.29, 1.82) is 0 Å². The minimum absolute atomic E-state index is 0.305. The predicted molar refractivity (Wildman–Crippen MR) is 51.1 cm³/mol. The molecule has 1 saturated carbocycles. The Morgan fingerprint density at radius 1 is 1.33 bits per heavy atom. The predicted octanol–water partition coefficient (Wildman–Crippen LogP) is 1.54. The average molecular weight is 171 g/mol. The third-order valence-electron chi connectivity index (χ3n) is 2.67. The third kappa shape index (κ3) is 3.55. The van der Waals surface area contributed by atoms with Crippen LogP contribution in [0.25, 0.3) is 0 Å². The highest BCUT2D eigenvalue weighted by atomic mass is 16.3. The van der Waals surface area contributed by atoms with Crippen molar-refractivity contribution in [3.05, 3.63) is 0 Å². The van der Waals surface area contributed by atoms with Crippen LogP contribution in [0.5, 0.6) is 0 Å². The lowest BCUT2D eigenvalue weighted by Crippen LogP contribution is -2.34. The second-order valence-electron chi connectivity index (χ2n) is 4.03. The maximum absolute atomic E-state index is 8.82. The minimum atomic E-state index is 0.305. The van der Waals surface area contributed by atoms with E-state index < -0.39 is 0 Å². The molecule has 1 unspecified atom stereocenters. The molecule has 1 atom stereocenters. The largest absolute Gasteiger partial charge is 0.396 e. The minimum Gasteiger partial charge on any atom is -0.396 e. The molecule has 0 saturated heterocycles. The number of aliphatic hydroxyl groups excluding tert-OH is 1. The smallest absolute Gasteiger partial charge is 0.0468 e. The fourth-order valence-corrected chi connectivity index (χ4v) is 1.74. The van der Waals surface area contributed by atoms with Gasteiger partial charge >= 0.3 is 0 Å². The summed E-state index contributed by atoms with van der Waals surface area (Å²) in [6.07, 6.45) is 6.83. The Kier molecular flexibility index (Phi) is 4.62.